The fourth-order valence-electron chi connectivity index (χ4n) is 3.97. The van der Waals surface area contributed by atoms with Gasteiger partial charge in [0.1, 0.15) is 5.54 Å². The predicted octanol–water partition coefficient (Wildman–Crippen LogP) is 1.59. The minimum atomic E-state index is -3.67. The molecule has 1 aromatic rings. The molecular formula is C18H25N3O4S. The maximum atomic E-state index is 13.3. The van der Waals surface area contributed by atoms with Crippen LogP contribution in [0.4, 0.5) is 4.79 Å². The zero-order chi connectivity index (χ0) is 19.4. The van der Waals surface area contributed by atoms with Crippen LogP contribution in [-0.2, 0) is 14.8 Å². The smallest absolute Gasteiger partial charge is 0.322 e. The number of carbonyl (C=O) groups excluding carboxylic acids is 2. The van der Waals surface area contributed by atoms with Gasteiger partial charge >= 0.3 is 6.03 Å². The first-order chi connectivity index (χ1) is 12.0. The minimum Gasteiger partial charge on any atom is -0.323 e. The molecule has 142 valence electrons. The summed E-state index contributed by atoms with van der Waals surface area (Å²) in [5.74, 6) is -0.367. The van der Waals surface area contributed by atoms with Crippen LogP contribution < -0.4 is 10.6 Å². The van der Waals surface area contributed by atoms with Crippen molar-refractivity contribution in [2.24, 2.45) is 0 Å². The van der Waals surface area contributed by atoms with Crippen molar-refractivity contribution in [2.75, 3.05) is 13.1 Å². The van der Waals surface area contributed by atoms with E-state index in [1.807, 2.05) is 34.6 Å². The number of benzene rings is 1. The first kappa shape index (κ1) is 18.8. The van der Waals surface area contributed by atoms with E-state index in [0.717, 1.165) is 27.8 Å². The second-order valence-corrected chi connectivity index (χ2v) is 9.22. The van der Waals surface area contributed by atoms with Crippen molar-refractivity contribution in [2.45, 2.75) is 57.9 Å². The second-order valence-electron chi connectivity index (χ2n) is 7.35. The Bertz CT molecular complexity index is 884. The molecule has 0 saturated carbocycles. The van der Waals surface area contributed by atoms with Crippen molar-refractivity contribution in [3.63, 3.8) is 0 Å². The zero-order valence-electron chi connectivity index (χ0n) is 15.8. The van der Waals surface area contributed by atoms with Crippen molar-refractivity contribution in [3.05, 3.63) is 27.8 Å². The van der Waals surface area contributed by atoms with E-state index in [-0.39, 0.29) is 31.8 Å². The Morgan fingerprint density at radius 2 is 1.31 bits per heavy atom. The molecule has 0 atom stereocenters. The van der Waals surface area contributed by atoms with Crippen LogP contribution in [0.5, 0.6) is 0 Å². The Kier molecular flexibility index (Phi) is 4.39. The summed E-state index contributed by atoms with van der Waals surface area (Å²) in [6.45, 7) is 9.98. The normalized spacial score (nSPS) is 20.3. The number of hydrogen-bond acceptors (Lipinski definition) is 4. The van der Waals surface area contributed by atoms with E-state index in [1.165, 1.54) is 4.31 Å². The zero-order valence-corrected chi connectivity index (χ0v) is 16.6. The topological polar surface area (TPSA) is 95.6 Å². The first-order valence-electron chi connectivity index (χ1n) is 8.72. The van der Waals surface area contributed by atoms with Crippen molar-refractivity contribution in [1.82, 2.24) is 14.9 Å². The van der Waals surface area contributed by atoms with E-state index < -0.39 is 21.6 Å². The van der Waals surface area contributed by atoms with Gasteiger partial charge in [-0.2, -0.15) is 4.31 Å². The number of piperidine rings is 1. The Morgan fingerprint density at radius 1 is 0.846 bits per heavy atom. The molecule has 2 fully saturated rings. The maximum absolute atomic E-state index is 13.3. The van der Waals surface area contributed by atoms with Crippen molar-refractivity contribution in [1.29, 1.82) is 0 Å². The molecule has 26 heavy (non-hydrogen) atoms. The van der Waals surface area contributed by atoms with Crippen LogP contribution >= 0.6 is 0 Å². The molecule has 2 saturated heterocycles. The van der Waals surface area contributed by atoms with Gasteiger partial charge in [-0.25, -0.2) is 13.2 Å². The van der Waals surface area contributed by atoms with Crippen LogP contribution in [0.3, 0.4) is 0 Å². The molecule has 1 aromatic carbocycles. The van der Waals surface area contributed by atoms with E-state index in [0.29, 0.717) is 4.90 Å². The Hall–Kier alpha value is -1.93. The van der Waals surface area contributed by atoms with Gasteiger partial charge in [-0.1, -0.05) is 0 Å². The number of rotatable bonds is 2. The number of carbonyl (C=O) groups is 2. The fourth-order valence-corrected chi connectivity index (χ4v) is 5.97. The summed E-state index contributed by atoms with van der Waals surface area (Å²) in [6.07, 6.45) is 0.539. The van der Waals surface area contributed by atoms with E-state index in [1.54, 1.807) is 0 Å². The number of nitrogens with zero attached hydrogens (tertiary/aromatic N) is 1. The summed E-state index contributed by atoms with van der Waals surface area (Å²) >= 11 is 0. The average molecular weight is 379 g/mol. The van der Waals surface area contributed by atoms with Crippen molar-refractivity contribution < 1.29 is 18.0 Å². The highest BCUT2D eigenvalue weighted by molar-refractivity contribution is 7.89. The predicted molar refractivity (Wildman–Crippen MR) is 97.5 cm³/mol. The molecule has 7 nitrogen and oxygen atoms in total. The van der Waals surface area contributed by atoms with Gasteiger partial charge in [-0.15, -0.1) is 0 Å². The molecule has 2 N–H and O–H groups in total. The van der Waals surface area contributed by atoms with Crippen LogP contribution in [0, 0.1) is 34.6 Å². The lowest BCUT2D eigenvalue weighted by atomic mass is 9.89. The van der Waals surface area contributed by atoms with Gasteiger partial charge in [0.15, 0.2) is 0 Å². The van der Waals surface area contributed by atoms with E-state index in [2.05, 4.69) is 10.6 Å². The number of hydrogen-bond donors (Lipinski definition) is 2. The number of urea groups is 1. The lowest BCUT2D eigenvalue weighted by Crippen LogP contribution is -2.55. The summed E-state index contributed by atoms with van der Waals surface area (Å²) in [4.78, 5) is 23.9. The number of nitrogens with one attached hydrogen (secondary N) is 2. The van der Waals surface area contributed by atoms with Gasteiger partial charge in [-0.05, 0) is 75.3 Å². The Balaban J connectivity index is 1.94. The third-order valence-corrected chi connectivity index (χ3v) is 8.29. The highest BCUT2D eigenvalue weighted by Crippen LogP contribution is 2.34. The van der Waals surface area contributed by atoms with E-state index >= 15 is 0 Å². The van der Waals surface area contributed by atoms with Gasteiger partial charge in [0.05, 0.1) is 4.90 Å². The molecule has 0 unspecified atom stereocenters. The van der Waals surface area contributed by atoms with Gasteiger partial charge in [-0.3, -0.25) is 10.1 Å². The molecule has 3 rings (SSSR count). The summed E-state index contributed by atoms with van der Waals surface area (Å²) in [6, 6.07) is -0.511. The number of sulfonamides is 1. The summed E-state index contributed by atoms with van der Waals surface area (Å²) in [5, 5.41) is 4.90. The Labute approximate surface area is 154 Å². The lowest BCUT2D eigenvalue weighted by Gasteiger charge is -2.36. The van der Waals surface area contributed by atoms with Gasteiger partial charge in [0, 0.05) is 13.1 Å². The van der Waals surface area contributed by atoms with Gasteiger partial charge < -0.3 is 5.32 Å². The van der Waals surface area contributed by atoms with Crippen molar-refractivity contribution in [3.8, 4) is 0 Å². The van der Waals surface area contributed by atoms with E-state index in [4.69, 9.17) is 0 Å². The standard InChI is InChI=1S/C18H25N3O4S/c1-10-11(2)13(4)15(14(5)12(10)3)26(24,25)21-8-6-18(7-9-21)16(22)19-17(23)20-18/h6-9H2,1-5H3,(H2,19,20,22,23). The average Bonchev–Trinajstić information content (AvgIpc) is 2.84. The number of amides is 3. The maximum Gasteiger partial charge on any atom is 0.322 e. The number of imide groups is 1. The van der Waals surface area contributed by atoms with Crippen LogP contribution in [0.25, 0.3) is 0 Å². The molecule has 2 heterocycles. The van der Waals surface area contributed by atoms with Crippen LogP contribution in [-0.4, -0.2) is 43.3 Å². The van der Waals surface area contributed by atoms with Crippen LogP contribution in [0.2, 0.25) is 0 Å². The highest BCUT2D eigenvalue weighted by Gasteiger charge is 2.49. The third kappa shape index (κ3) is 2.63. The first-order valence-corrected chi connectivity index (χ1v) is 10.2. The Morgan fingerprint density at radius 3 is 1.73 bits per heavy atom. The lowest BCUT2D eigenvalue weighted by molar-refractivity contribution is -0.125. The third-order valence-electron chi connectivity index (χ3n) is 6.12. The molecule has 1 spiro atoms. The molecule has 8 heteroatoms. The van der Waals surface area contributed by atoms with Gasteiger partial charge in [0.25, 0.3) is 5.91 Å². The quantitative estimate of drug-likeness (QED) is 0.763. The molecule has 0 aromatic heterocycles. The molecule has 2 aliphatic rings. The molecule has 0 bridgehead atoms. The minimum absolute atomic E-state index is 0.195. The molecule has 0 aliphatic carbocycles. The molecule has 0 radical (unpaired) electrons. The second kappa shape index (κ2) is 6.06. The largest absolute Gasteiger partial charge is 0.323 e. The van der Waals surface area contributed by atoms with Crippen LogP contribution in [0.1, 0.15) is 40.7 Å². The summed E-state index contributed by atoms with van der Waals surface area (Å²) < 4.78 is 28.1. The molecule has 3 amide bonds. The summed E-state index contributed by atoms with van der Waals surface area (Å²) in [7, 11) is -3.67. The molecular weight excluding hydrogens is 354 g/mol. The van der Waals surface area contributed by atoms with E-state index in [9.17, 15) is 18.0 Å². The summed E-state index contributed by atoms with van der Waals surface area (Å²) in [5.41, 5.74) is 3.66. The van der Waals surface area contributed by atoms with Crippen LogP contribution in [0.15, 0.2) is 4.90 Å². The SMILES string of the molecule is Cc1c(C)c(C)c(S(=O)(=O)N2CCC3(CC2)NC(=O)NC3=O)c(C)c1C. The highest BCUT2D eigenvalue weighted by atomic mass is 32.2. The fraction of sp³-hybridized carbons (Fsp3) is 0.556. The molecule has 2 aliphatic heterocycles. The van der Waals surface area contributed by atoms with Gasteiger partial charge in [0.2, 0.25) is 10.0 Å². The monoisotopic (exact) mass is 379 g/mol. The van der Waals surface area contributed by atoms with Crippen molar-refractivity contribution >= 4 is 22.0 Å².